The van der Waals surface area contributed by atoms with Gasteiger partial charge in [0.05, 0.1) is 22.7 Å². The van der Waals surface area contributed by atoms with E-state index in [9.17, 15) is 13.2 Å². The Bertz CT molecular complexity index is 993. The lowest BCUT2D eigenvalue weighted by molar-refractivity contribution is -0.118. The monoisotopic (exact) mass is 390 g/mol. The number of hydrogen-bond donors (Lipinski definition) is 1. The Hall–Kier alpha value is -2.52. The zero-order valence-electron chi connectivity index (χ0n) is 14.3. The first kappa shape index (κ1) is 18.3. The Morgan fingerprint density at radius 3 is 2.69 bits per heavy atom. The SMILES string of the molecule is Cc1ccc(S(=O)(=O)Cc2csc(NC(=O)[C@@H](C)n3ccnc3)n2)cc1. The van der Waals surface area contributed by atoms with Crippen LogP contribution in [-0.2, 0) is 20.4 Å². The van der Waals surface area contributed by atoms with Crippen LogP contribution in [0.5, 0.6) is 0 Å². The van der Waals surface area contributed by atoms with E-state index in [2.05, 4.69) is 15.3 Å². The molecule has 3 rings (SSSR count). The van der Waals surface area contributed by atoms with E-state index in [1.165, 1.54) is 11.3 Å². The van der Waals surface area contributed by atoms with Gasteiger partial charge < -0.3 is 9.88 Å². The molecule has 0 aliphatic heterocycles. The molecule has 2 heterocycles. The summed E-state index contributed by atoms with van der Waals surface area (Å²) in [6.45, 7) is 3.64. The van der Waals surface area contributed by atoms with Crippen molar-refractivity contribution in [3.8, 4) is 0 Å². The van der Waals surface area contributed by atoms with Crippen molar-refractivity contribution >= 4 is 32.2 Å². The average Bonchev–Trinajstić information content (AvgIpc) is 3.26. The van der Waals surface area contributed by atoms with Crippen LogP contribution in [-0.4, -0.2) is 28.9 Å². The lowest BCUT2D eigenvalue weighted by atomic mass is 10.2. The van der Waals surface area contributed by atoms with Crippen LogP contribution in [0.3, 0.4) is 0 Å². The van der Waals surface area contributed by atoms with Gasteiger partial charge in [-0.2, -0.15) is 0 Å². The average molecular weight is 390 g/mol. The predicted octanol–water partition coefficient (Wildman–Crippen LogP) is 2.82. The first-order valence-electron chi connectivity index (χ1n) is 7.87. The Kier molecular flexibility index (Phi) is 5.19. The van der Waals surface area contributed by atoms with Crippen LogP contribution in [0.15, 0.2) is 53.3 Å². The molecule has 1 N–H and O–H groups in total. The number of aryl methyl sites for hydroxylation is 1. The van der Waals surface area contributed by atoms with Gasteiger partial charge in [0.25, 0.3) is 0 Å². The summed E-state index contributed by atoms with van der Waals surface area (Å²) in [6, 6.07) is 6.26. The van der Waals surface area contributed by atoms with E-state index < -0.39 is 15.9 Å². The zero-order valence-corrected chi connectivity index (χ0v) is 15.9. The number of sulfone groups is 1. The minimum Gasteiger partial charge on any atom is -0.325 e. The molecular formula is C17H18N4O3S2. The van der Waals surface area contributed by atoms with Crippen LogP contribution >= 0.6 is 11.3 Å². The van der Waals surface area contributed by atoms with Gasteiger partial charge in [-0.1, -0.05) is 17.7 Å². The standard InChI is InChI=1S/C17H18N4O3S2/c1-12-3-5-15(6-4-12)26(23,24)10-14-9-25-17(19-14)20-16(22)13(2)21-8-7-18-11-21/h3-9,11,13H,10H2,1-2H3,(H,19,20,22)/t13-/m1/s1. The van der Waals surface area contributed by atoms with E-state index in [1.807, 2.05) is 6.92 Å². The summed E-state index contributed by atoms with van der Waals surface area (Å²) in [7, 11) is -3.48. The van der Waals surface area contributed by atoms with Crippen molar-refractivity contribution in [3.63, 3.8) is 0 Å². The van der Waals surface area contributed by atoms with Crippen LogP contribution in [0.4, 0.5) is 5.13 Å². The summed E-state index contributed by atoms with van der Waals surface area (Å²) >= 11 is 1.20. The quantitative estimate of drug-likeness (QED) is 0.698. The number of aromatic nitrogens is 3. The van der Waals surface area contributed by atoms with Gasteiger partial charge in [-0.25, -0.2) is 18.4 Å². The third-order valence-electron chi connectivity index (χ3n) is 3.85. The fourth-order valence-electron chi connectivity index (χ4n) is 2.30. The lowest BCUT2D eigenvalue weighted by Crippen LogP contribution is -2.22. The molecule has 7 nitrogen and oxygen atoms in total. The molecule has 1 aromatic carbocycles. The Balaban J connectivity index is 1.68. The zero-order chi connectivity index (χ0) is 18.7. The number of nitrogens with one attached hydrogen (secondary N) is 1. The molecule has 1 amide bonds. The van der Waals surface area contributed by atoms with Gasteiger partial charge in [0.2, 0.25) is 5.91 Å². The predicted molar refractivity (Wildman–Crippen MR) is 99.8 cm³/mol. The second-order valence-electron chi connectivity index (χ2n) is 5.89. The first-order valence-corrected chi connectivity index (χ1v) is 10.4. The first-order chi connectivity index (χ1) is 12.3. The number of hydrogen-bond acceptors (Lipinski definition) is 6. The van der Waals surface area contributed by atoms with E-state index in [0.29, 0.717) is 10.8 Å². The van der Waals surface area contributed by atoms with Gasteiger partial charge in [0, 0.05) is 17.8 Å². The highest BCUT2D eigenvalue weighted by Gasteiger charge is 2.19. The topological polar surface area (TPSA) is 94.0 Å². The smallest absolute Gasteiger partial charge is 0.248 e. The minimum absolute atomic E-state index is 0.209. The molecule has 0 saturated heterocycles. The van der Waals surface area contributed by atoms with Gasteiger partial charge >= 0.3 is 0 Å². The summed E-state index contributed by atoms with van der Waals surface area (Å²) in [6.07, 6.45) is 4.86. The molecule has 2 aromatic heterocycles. The van der Waals surface area contributed by atoms with E-state index in [0.717, 1.165) is 5.56 Å². The molecule has 3 aromatic rings. The van der Waals surface area contributed by atoms with Crippen molar-refractivity contribution < 1.29 is 13.2 Å². The number of anilines is 1. The molecule has 0 fully saturated rings. The fraction of sp³-hybridized carbons (Fsp3) is 0.235. The highest BCUT2D eigenvalue weighted by atomic mass is 32.2. The molecular weight excluding hydrogens is 372 g/mol. The van der Waals surface area contributed by atoms with Gasteiger partial charge in [0.15, 0.2) is 15.0 Å². The van der Waals surface area contributed by atoms with Crippen LogP contribution in [0.2, 0.25) is 0 Å². The number of imidazole rings is 1. The summed E-state index contributed by atoms with van der Waals surface area (Å²) in [4.78, 5) is 20.6. The number of rotatable bonds is 6. The van der Waals surface area contributed by atoms with Gasteiger partial charge in [0.1, 0.15) is 6.04 Å². The molecule has 0 bridgehead atoms. The number of amides is 1. The van der Waals surface area contributed by atoms with E-state index in [4.69, 9.17) is 0 Å². The second kappa shape index (κ2) is 7.38. The number of nitrogens with zero attached hydrogens (tertiary/aromatic N) is 3. The summed E-state index contributed by atoms with van der Waals surface area (Å²) in [5.41, 5.74) is 1.40. The summed E-state index contributed by atoms with van der Waals surface area (Å²) in [5, 5.41) is 4.72. The largest absolute Gasteiger partial charge is 0.325 e. The van der Waals surface area contributed by atoms with E-state index in [1.54, 1.807) is 59.9 Å². The maximum Gasteiger partial charge on any atom is 0.248 e. The maximum absolute atomic E-state index is 12.5. The van der Waals surface area contributed by atoms with Crippen molar-refractivity contribution in [1.82, 2.24) is 14.5 Å². The van der Waals surface area contributed by atoms with Crippen molar-refractivity contribution in [1.29, 1.82) is 0 Å². The van der Waals surface area contributed by atoms with Crippen LogP contribution in [0.25, 0.3) is 0 Å². The number of thiazole rings is 1. The van der Waals surface area contributed by atoms with Crippen molar-refractivity contribution in [2.45, 2.75) is 30.5 Å². The highest BCUT2D eigenvalue weighted by molar-refractivity contribution is 7.90. The molecule has 0 saturated carbocycles. The Morgan fingerprint density at radius 2 is 2.04 bits per heavy atom. The molecule has 0 unspecified atom stereocenters. The molecule has 136 valence electrons. The van der Waals surface area contributed by atoms with Crippen LogP contribution < -0.4 is 5.32 Å². The van der Waals surface area contributed by atoms with Crippen molar-refractivity contribution in [2.75, 3.05) is 5.32 Å². The molecule has 0 aliphatic rings. The highest BCUT2D eigenvalue weighted by Crippen LogP contribution is 2.22. The van der Waals surface area contributed by atoms with Crippen LogP contribution in [0, 0.1) is 6.92 Å². The van der Waals surface area contributed by atoms with Gasteiger partial charge in [-0.15, -0.1) is 11.3 Å². The molecule has 9 heteroatoms. The lowest BCUT2D eigenvalue weighted by Gasteiger charge is -2.11. The van der Waals surface area contributed by atoms with Gasteiger partial charge in [-0.05, 0) is 26.0 Å². The van der Waals surface area contributed by atoms with Crippen molar-refractivity contribution in [2.24, 2.45) is 0 Å². The molecule has 0 aliphatic carbocycles. The number of carbonyl (C=O) groups is 1. The molecule has 26 heavy (non-hydrogen) atoms. The van der Waals surface area contributed by atoms with E-state index >= 15 is 0 Å². The molecule has 1 atom stereocenters. The summed E-state index contributed by atoms with van der Waals surface area (Å²) in [5.74, 6) is -0.454. The van der Waals surface area contributed by atoms with Crippen molar-refractivity contribution in [3.05, 3.63) is 59.6 Å². The Labute approximate surface area is 155 Å². The number of carbonyl (C=O) groups excluding carboxylic acids is 1. The Morgan fingerprint density at radius 1 is 1.31 bits per heavy atom. The second-order valence-corrected chi connectivity index (χ2v) is 8.74. The summed E-state index contributed by atoms with van der Waals surface area (Å²) < 4.78 is 26.6. The third-order valence-corrected chi connectivity index (χ3v) is 6.32. The van der Waals surface area contributed by atoms with E-state index in [-0.39, 0.29) is 16.6 Å². The molecule has 0 radical (unpaired) electrons. The molecule has 0 spiro atoms. The fourth-order valence-corrected chi connectivity index (χ4v) is 4.37. The maximum atomic E-state index is 12.5. The number of benzene rings is 1. The van der Waals surface area contributed by atoms with Gasteiger partial charge in [-0.3, -0.25) is 4.79 Å². The third kappa shape index (κ3) is 4.17. The minimum atomic E-state index is -3.48. The van der Waals surface area contributed by atoms with Crippen LogP contribution in [0.1, 0.15) is 24.2 Å². The normalized spacial score (nSPS) is 12.7.